The van der Waals surface area contributed by atoms with E-state index in [1.807, 2.05) is 109 Å². The highest BCUT2D eigenvalue weighted by molar-refractivity contribution is 5.86. The molecule has 1 aliphatic carbocycles. The summed E-state index contributed by atoms with van der Waals surface area (Å²) in [6, 6.07) is 65.3. The first kappa shape index (κ1) is 34.8. The van der Waals surface area contributed by atoms with Crippen molar-refractivity contribution < 1.29 is 9.47 Å². The van der Waals surface area contributed by atoms with Crippen molar-refractivity contribution in [3.8, 4) is 45.3 Å². The molecule has 0 aliphatic heterocycles. The minimum Gasteiger partial charge on any atom is -0.457 e. The Balaban J connectivity index is 0.000000155. The number of benzene rings is 8. The number of fused-ring (bicyclic) bond motifs is 3. The normalized spacial score (nSPS) is 12.1. The molecule has 0 spiro atoms. The average molecular weight is 716 g/mol. The Hall–Kier alpha value is -7.24. The van der Waals surface area contributed by atoms with Crippen LogP contribution in [0.3, 0.4) is 0 Å². The molecule has 0 heterocycles. The molecule has 1 aliphatic rings. The van der Waals surface area contributed by atoms with E-state index in [2.05, 4.69) is 91.9 Å². The van der Waals surface area contributed by atoms with Crippen LogP contribution < -0.4 is 26.7 Å². The summed E-state index contributed by atoms with van der Waals surface area (Å²) in [6.45, 7) is 2.06. The highest BCUT2D eigenvalue weighted by Crippen LogP contribution is 2.56. The van der Waals surface area contributed by atoms with Crippen molar-refractivity contribution in [2.24, 2.45) is 0 Å². The van der Waals surface area contributed by atoms with Crippen molar-refractivity contribution in [2.45, 2.75) is 12.3 Å². The molecule has 6 N–H and O–H groups in total. The maximum Gasteiger partial charge on any atom is 0.127 e. The maximum atomic E-state index is 6.00. The predicted octanol–water partition coefficient (Wildman–Crippen LogP) is 12.0. The molecule has 55 heavy (non-hydrogen) atoms. The van der Waals surface area contributed by atoms with Gasteiger partial charge in [0.25, 0.3) is 0 Å². The second-order valence-electron chi connectivity index (χ2n) is 13.7. The van der Waals surface area contributed by atoms with E-state index in [1.54, 1.807) is 0 Å². The third-order valence-electron chi connectivity index (χ3n) is 10.1. The van der Waals surface area contributed by atoms with Crippen LogP contribution in [-0.4, -0.2) is 0 Å². The number of nitrogen functional groups attached to an aromatic ring is 3. The Morgan fingerprint density at radius 3 is 1.04 bits per heavy atom. The number of rotatable bonds is 7. The van der Waals surface area contributed by atoms with Gasteiger partial charge in [0.1, 0.15) is 23.0 Å². The van der Waals surface area contributed by atoms with Gasteiger partial charge < -0.3 is 26.7 Å². The van der Waals surface area contributed by atoms with E-state index < -0.39 is 0 Å². The van der Waals surface area contributed by atoms with E-state index in [4.69, 9.17) is 26.7 Å². The van der Waals surface area contributed by atoms with Crippen LogP contribution in [0.25, 0.3) is 22.3 Å². The lowest BCUT2D eigenvalue weighted by molar-refractivity contribution is 0.482. The maximum absolute atomic E-state index is 6.00. The van der Waals surface area contributed by atoms with Crippen LogP contribution in [0, 0.1) is 6.92 Å². The average Bonchev–Trinajstić information content (AvgIpc) is 3.52. The number of hydrogen-bond acceptors (Lipinski definition) is 5. The first-order valence-corrected chi connectivity index (χ1v) is 18.3. The smallest absolute Gasteiger partial charge is 0.127 e. The van der Waals surface area contributed by atoms with Crippen molar-refractivity contribution >= 4 is 17.1 Å². The van der Waals surface area contributed by atoms with Crippen LogP contribution >= 0.6 is 0 Å². The summed E-state index contributed by atoms with van der Waals surface area (Å²) in [4.78, 5) is 0. The molecule has 5 nitrogen and oxygen atoms in total. The number of nitrogens with two attached hydrogens (primary N) is 3. The van der Waals surface area contributed by atoms with E-state index in [0.717, 1.165) is 51.2 Å². The first-order valence-electron chi connectivity index (χ1n) is 18.3. The molecule has 8 aromatic carbocycles. The summed E-state index contributed by atoms with van der Waals surface area (Å²) < 4.78 is 11.7. The fourth-order valence-corrected chi connectivity index (χ4v) is 7.34. The van der Waals surface area contributed by atoms with Gasteiger partial charge in [-0.2, -0.15) is 0 Å². The molecule has 0 aromatic heterocycles. The van der Waals surface area contributed by atoms with Gasteiger partial charge in [0.15, 0.2) is 0 Å². The Morgan fingerprint density at radius 1 is 0.345 bits per heavy atom. The summed E-state index contributed by atoms with van der Waals surface area (Å²) in [7, 11) is 0. The molecule has 0 radical (unpaired) electrons. The van der Waals surface area contributed by atoms with Crippen LogP contribution in [0.5, 0.6) is 23.0 Å². The van der Waals surface area contributed by atoms with Gasteiger partial charge in [-0.3, -0.25) is 0 Å². The molecule has 0 unspecified atom stereocenters. The summed E-state index contributed by atoms with van der Waals surface area (Å²) in [6.07, 6.45) is 0. The summed E-state index contributed by atoms with van der Waals surface area (Å²) in [5.41, 5.74) is 30.6. The number of ether oxygens (including phenoxy) is 2. The number of hydrogen-bond donors (Lipinski definition) is 3. The lowest BCUT2D eigenvalue weighted by atomic mass is 9.67. The van der Waals surface area contributed by atoms with Gasteiger partial charge >= 0.3 is 0 Å². The van der Waals surface area contributed by atoms with Gasteiger partial charge in [-0.05, 0) is 136 Å². The van der Waals surface area contributed by atoms with Crippen LogP contribution in [0.2, 0.25) is 0 Å². The molecule has 268 valence electrons. The molecule has 0 amide bonds. The third kappa shape index (κ3) is 7.11. The Morgan fingerprint density at radius 2 is 0.655 bits per heavy atom. The van der Waals surface area contributed by atoms with E-state index in [0.29, 0.717) is 0 Å². The first-order chi connectivity index (χ1) is 26.9. The SMILES string of the molecule is Cc1ccc(Oc2ccc(-c3ccc(Oc4ccc(N)cc4)cc3)cc2)cc1.Nc1ccc(C2(c3ccc(N)cc3)c3ccccc3-c3ccccc32)cc1. The topological polar surface area (TPSA) is 96.5 Å². The Kier molecular flexibility index (Phi) is 9.51. The van der Waals surface area contributed by atoms with Crippen molar-refractivity contribution in [3.05, 3.63) is 222 Å². The second kappa shape index (κ2) is 15.0. The summed E-state index contributed by atoms with van der Waals surface area (Å²) in [5.74, 6) is 3.20. The lowest BCUT2D eigenvalue weighted by Gasteiger charge is -2.34. The zero-order chi connectivity index (χ0) is 37.8. The molecular formula is C50H41N3O2. The molecule has 5 heteroatoms. The summed E-state index contributed by atoms with van der Waals surface area (Å²) >= 11 is 0. The highest BCUT2D eigenvalue weighted by atomic mass is 16.5. The van der Waals surface area contributed by atoms with Gasteiger partial charge in [-0.1, -0.05) is 115 Å². The molecule has 0 bridgehead atoms. The van der Waals surface area contributed by atoms with E-state index in [1.165, 1.54) is 38.9 Å². The van der Waals surface area contributed by atoms with Gasteiger partial charge in [-0.25, -0.2) is 0 Å². The van der Waals surface area contributed by atoms with Crippen molar-refractivity contribution in [3.63, 3.8) is 0 Å². The van der Waals surface area contributed by atoms with Gasteiger partial charge in [0.2, 0.25) is 0 Å². The van der Waals surface area contributed by atoms with Gasteiger partial charge in [0.05, 0.1) is 5.41 Å². The molecule has 9 rings (SSSR count). The predicted molar refractivity (Wildman–Crippen MR) is 227 cm³/mol. The van der Waals surface area contributed by atoms with E-state index in [9.17, 15) is 0 Å². The van der Waals surface area contributed by atoms with E-state index in [-0.39, 0.29) is 5.41 Å². The van der Waals surface area contributed by atoms with Crippen molar-refractivity contribution in [2.75, 3.05) is 17.2 Å². The molecule has 8 aromatic rings. The molecule has 0 saturated carbocycles. The quantitative estimate of drug-likeness (QED) is 0.143. The number of anilines is 3. The zero-order valence-electron chi connectivity index (χ0n) is 30.5. The Bertz CT molecular complexity index is 2350. The van der Waals surface area contributed by atoms with E-state index >= 15 is 0 Å². The molecular weight excluding hydrogens is 675 g/mol. The van der Waals surface area contributed by atoms with Gasteiger partial charge in [0, 0.05) is 17.1 Å². The van der Waals surface area contributed by atoms with Crippen molar-refractivity contribution in [1.29, 1.82) is 0 Å². The molecule has 0 atom stereocenters. The van der Waals surface area contributed by atoms with Crippen LogP contribution in [0.15, 0.2) is 194 Å². The molecule has 0 saturated heterocycles. The fourth-order valence-electron chi connectivity index (χ4n) is 7.34. The largest absolute Gasteiger partial charge is 0.457 e. The molecule has 0 fully saturated rings. The van der Waals surface area contributed by atoms with Crippen LogP contribution in [-0.2, 0) is 5.41 Å². The minimum absolute atomic E-state index is 0.380. The second-order valence-corrected chi connectivity index (χ2v) is 13.7. The standard InChI is InChI=1S/C25H20N2.C25H21NO2/c26-19-13-9-17(10-14-19)25(18-11-15-20(27)16-12-18)23-7-3-1-5-21(23)22-6-2-4-8-24(22)25;1-18-2-10-22(11-3-18)27-23-12-4-19(5-13-23)20-6-14-24(15-7-20)28-25-16-8-21(26)9-17-25/h1-16H,26-27H2;2-17H,26H2,1H3. The Labute approximate surface area is 322 Å². The van der Waals surface area contributed by atoms with Crippen LogP contribution in [0.1, 0.15) is 27.8 Å². The highest BCUT2D eigenvalue weighted by Gasteiger charge is 2.45. The zero-order valence-corrected chi connectivity index (χ0v) is 30.5. The van der Waals surface area contributed by atoms with Crippen molar-refractivity contribution in [1.82, 2.24) is 0 Å². The van der Waals surface area contributed by atoms with Crippen LogP contribution in [0.4, 0.5) is 17.1 Å². The number of aryl methyl sites for hydroxylation is 1. The lowest BCUT2D eigenvalue weighted by Crippen LogP contribution is -2.28. The third-order valence-corrected chi connectivity index (χ3v) is 10.1. The monoisotopic (exact) mass is 715 g/mol. The fraction of sp³-hybridized carbons (Fsp3) is 0.0400. The summed E-state index contributed by atoms with van der Waals surface area (Å²) in [5, 5.41) is 0. The minimum atomic E-state index is -0.380. The van der Waals surface area contributed by atoms with Gasteiger partial charge in [-0.15, -0.1) is 0 Å².